The predicted molar refractivity (Wildman–Crippen MR) is 100 cm³/mol. The Balaban J connectivity index is 2.46. The van der Waals surface area contributed by atoms with Gasteiger partial charge in [0, 0.05) is 0 Å². The number of hydrogen-bond acceptors (Lipinski definition) is 7. The normalized spacial score (nSPS) is 10.6. The summed E-state index contributed by atoms with van der Waals surface area (Å²) in [6.45, 7) is 3.48. The van der Waals surface area contributed by atoms with E-state index >= 15 is 0 Å². The van der Waals surface area contributed by atoms with Gasteiger partial charge in [-0.15, -0.1) is 0 Å². The molecule has 0 heterocycles. The number of nitrogens with one attached hydrogen (secondary N) is 1. The third-order valence-corrected chi connectivity index (χ3v) is 4.86. The summed E-state index contributed by atoms with van der Waals surface area (Å²) in [5, 5.41) is 8.95. The van der Waals surface area contributed by atoms with Crippen LogP contribution in [0.15, 0.2) is 47.4 Å². The molecule has 0 spiro atoms. The number of nitriles is 1. The van der Waals surface area contributed by atoms with Crippen molar-refractivity contribution in [1.29, 1.82) is 5.26 Å². The minimum Gasteiger partial charge on any atom is -0.462 e. The number of carbonyl (C=O) groups is 2. The van der Waals surface area contributed by atoms with E-state index in [4.69, 9.17) is 14.7 Å². The van der Waals surface area contributed by atoms with Crippen LogP contribution in [0.4, 0.5) is 5.69 Å². The lowest BCUT2D eigenvalue weighted by molar-refractivity contribution is 0.0525. The summed E-state index contributed by atoms with van der Waals surface area (Å²) in [6, 6.07) is 11.1. The highest BCUT2D eigenvalue weighted by Gasteiger charge is 2.19. The second-order valence-corrected chi connectivity index (χ2v) is 7.17. The number of carbonyl (C=O) groups excluding carboxylic acids is 2. The Bertz CT molecular complexity index is 1000. The number of benzene rings is 2. The first-order chi connectivity index (χ1) is 13.3. The van der Waals surface area contributed by atoms with E-state index < -0.39 is 22.0 Å². The van der Waals surface area contributed by atoms with Gasteiger partial charge < -0.3 is 9.47 Å². The molecule has 0 unspecified atom stereocenters. The fourth-order valence-electron chi connectivity index (χ4n) is 2.30. The summed E-state index contributed by atoms with van der Waals surface area (Å²) in [5.74, 6) is -1.42. The Kier molecular flexibility index (Phi) is 6.74. The molecule has 2 aromatic carbocycles. The van der Waals surface area contributed by atoms with Gasteiger partial charge in [0.2, 0.25) is 0 Å². The first-order valence-corrected chi connectivity index (χ1v) is 9.81. The van der Waals surface area contributed by atoms with Gasteiger partial charge in [-0.25, -0.2) is 18.0 Å². The summed E-state index contributed by atoms with van der Waals surface area (Å²) >= 11 is 0. The number of nitrogens with zero attached hydrogens (tertiary/aromatic N) is 1. The lowest BCUT2D eigenvalue weighted by Gasteiger charge is -2.12. The summed E-state index contributed by atoms with van der Waals surface area (Å²) in [7, 11) is -4.06. The van der Waals surface area contributed by atoms with Gasteiger partial charge >= 0.3 is 11.9 Å². The highest BCUT2D eigenvalue weighted by atomic mass is 32.2. The minimum absolute atomic E-state index is 0.00382. The smallest absolute Gasteiger partial charge is 0.338 e. The molecular weight excluding hydrogens is 384 g/mol. The lowest BCUT2D eigenvalue weighted by atomic mass is 10.1. The molecule has 9 heteroatoms. The zero-order valence-corrected chi connectivity index (χ0v) is 16.1. The van der Waals surface area contributed by atoms with E-state index in [-0.39, 0.29) is 40.5 Å². The van der Waals surface area contributed by atoms with Crippen molar-refractivity contribution in [2.45, 2.75) is 18.7 Å². The number of ether oxygens (including phenoxy) is 2. The van der Waals surface area contributed by atoms with Crippen molar-refractivity contribution in [1.82, 2.24) is 0 Å². The quantitative estimate of drug-likeness (QED) is 0.706. The van der Waals surface area contributed by atoms with E-state index in [0.29, 0.717) is 0 Å². The van der Waals surface area contributed by atoms with Crippen molar-refractivity contribution < 1.29 is 27.5 Å². The molecule has 2 rings (SSSR count). The molecule has 8 nitrogen and oxygen atoms in total. The molecule has 0 saturated carbocycles. The number of esters is 2. The summed E-state index contributed by atoms with van der Waals surface area (Å²) < 4.78 is 37.4. The maximum atomic E-state index is 12.6. The van der Waals surface area contributed by atoms with Crippen molar-refractivity contribution in [3.05, 3.63) is 59.2 Å². The lowest BCUT2D eigenvalue weighted by Crippen LogP contribution is -2.15. The SMILES string of the molecule is CCOC(=O)c1cc(NS(=O)(=O)c2cccc(C#N)c2)cc(C(=O)OCC)c1. The van der Waals surface area contributed by atoms with Crippen LogP contribution in [-0.4, -0.2) is 33.6 Å². The second-order valence-electron chi connectivity index (χ2n) is 5.49. The van der Waals surface area contributed by atoms with Crippen molar-refractivity contribution in [2.24, 2.45) is 0 Å². The molecule has 0 saturated heterocycles. The van der Waals surface area contributed by atoms with E-state index in [2.05, 4.69) is 4.72 Å². The Labute approximate surface area is 162 Å². The zero-order chi connectivity index (χ0) is 20.7. The van der Waals surface area contributed by atoms with E-state index in [1.165, 1.54) is 42.5 Å². The van der Waals surface area contributed by atoms with Gasteiger partial charge in [0.25, 0.3) is 10.0 Å². The van der Waals surface area contributed by atoms with Crippen LogP contribution in [0.3, 0.4) is 0 Å². The number of sulfonamides is 1. The van der Waals surface area contributed by atoms with E-state index in [1.807, 2.05) is 6.07 Å². The highest BCUT2D eigenvalue weighted by Crippen LogP contribution is 2.21. The van der Waals surface area contributed by atoms with Crippen LogP contribution in [0.2, 0.25) is 0 Å². The van der Waals surface area contributed by atoms with E-state index in [1.54, 1.807) is 13.8 Å². The fourth-order valence-corrected chi connectivity index (χ4v) is 3.38. The van der Waals surface area contributed by atoms with Gasteiger partial charge in [0.1, 0.15) is 0 Å². The van der Waals surface area contributed by atoms with Gasteiger partial charge in [0.15, 0.2) is 0 Å². The molecule has 0 atom stereocenters. The van der Waals surface area contributed by atoms with E-state index in [9.17, 15) is 18.0 Å². The standard InChI is InChI=1S/C19H18N2O6S/c1-3-26-18(22)14-9-15(19(23)27-4-2)11-16(10-14)21-28(24,25)17-7-5-6-13(8-17)12-20/h5-11,21H,3-4H2,1-2H3. The van der Waals surface area contributed by atoms with Crippen LogP contribution in [0.25, 0.3) is 0 Å². The van der Waals surface area contributed by atoms with Crippen LogP contribution in [0.1, 0.15) is 40.1 Å². The van der Waals surface area contributed by atoms with Gasteiger partial charge in [-0.05, 0) is 50.2 Å². The third kappa shape index (κ3) is 5.08. The first-order valence-electron chi connectivity index (χ1n) is 8.33. The Morgan fingerprint density at radius 1 is 1.00 bits per heavy atom. The van der Waals surface area contributed by atoms with Crippen molar-refractivity contribution in [3.8, 4) is 6.07 Å². The number of anilines is 1. The van der Waals surface area contributed by atoms with Crippen molar-refractivity contribution in [3.63, 3.8) is 0 Å². The van der Waals surface area contributed by atoms with Crippen LogP contribution >= 0.6 is 0 Å². The third-order valence-electron chi connectivity index (χ3n) is 3.48. The Hall–Kier alpha value is -3.38. The van der Waals surface area contributed by atoms with Crippen molar-refractivity contribution in [2.75, 3.05) is 17.9 Å². The van der Waals surface area contributed by atoms with Crippen molar-refractivity contribution >= 4 is 27.6 Å². The molecule has 0 fully saturated rings. The minimum atomic E-state index is -4.06. The monoisotopic (exact) mass is 402 g/mol. The molecule has 0 aliphatic heterocycles. The summed E-state index contributed by atoms with van der Waals surface area (Å²) in [5.41, 5.74) is 0.151. The zero-order valence-electron chi connectivity index (χ0n) is 15.3. The van der Waals surface area contributed by atoms with Crippen LogP contribution in [0.5, 0.6) is 0 Å². The van der Waals surface area contributed by atoms with Crippen LogP contribution < -0.4 is 4.72 Å². The largest absolute Gasteiger partial charge is 0.462 e. The molecule has 2 aromatic rings. The highest BCUT2D eigenvalue weighted by molar-refractivity contribution is 7.92. The average molecular weight is 402 g/mol. The molecule has 0 amide bonds. The fraction of sp³-hybridized carbons (Fsp3) is 0.211. The number of rotatable bonds is 7. The molecular formula is C19H18N2O6S. The first kappa shape index (κ1) is 20.9. The van der Waals surface area contributed by atoms with Crippen LogP contribution in [-0.2, 0) is 19.5 Å². The van der Waals surface area contributed by atoms with Gasteiger partial charge in [-0.3, -0.25) is 4.72 Å². The van der Waals surface area contributed by atoms with Gasteiger partial charge in [0.05, 0.1) is 46.6 Å². The summed E-state index contributed by atoms with van der Waals surface area (Å²) in [4.78, 5) is 24.0. The maximum absolute atomic E-state index is 12.6. The molecule has 1 N–H and O–H groups in total. The molecule has 0 bridgehead atoms. The molecule has 0 aliphatic rings. The molecule has 0 radical (unpaired) electrons. The van der Waals surface area contributed by atoms with Gasteiger partial charge in [-0.1, -0.05) is 6.07 Å². The average Bonchev–Trinajstić information content (AvgIpc) is 2.67. The van der Waals surface area contributed by atoms with Crippen LogP contribution in [0, 0.1) is 11.3 Å². The molecule has 0 aromatic heterocycles. The molecule has 146 valence electrons. The molecule has 28 heavy (non-hydrogen) atoms. The van der Waals surface area contributed by atoms with Gasteiger partial charge in [-0.2, -0.15) is 5.26 Å². The maximum Gasteiger partial charge on any atom is 0.338 e. The molecule has 0 aliphatic carbocycles. The Morgan fingerprint density at radius 3 is 2.07 bits per heavy atom. The summed E-state index contributed by atoms with van der Waals surface area (Å²) in [6.07, 6.45) is 0. The Morgan fingerprint density at radius 2 is 1.57 bits per heavy atom. The number of hydrogen-bond donors (Lipinski definition) is 1. The topological polar surface area (TPSA) is 123 Å². The van der Waals surface area contributed by atoms with E-state index in [0.717, 1.165) is 0 Å². The predicted octanol–water partition coefficient (Wildman–Crippen LogP) is 2.71. The second kappa shape index (κ2) is 9.01.